The Hall–Kier alpha value is -3.16. The molecule has 8 nitrogen and oxygen atoms in total. The summed E-state index contributed by atoms with van der Waals surface area (Å²) in [5.41, 5.74) is 1.75. The number of hydrogen-bond donors (Lipinski definition) is 1. The zero-order chi connectivity index (χ0) is 19.8. The molecule has 0 saturated heterocycles. The largest absolute Gasteiger partial charge is 0.342 e. The van der Waals surface area contributed by atoms with Crippen molar-refractivity contribution in [3.8, 4) is 11.4 Å². The Morgan fingerprint density at radius 1 is 1.21 bits per heavy atom. The molecule has 3 heterocycles. The minimum Gasteiger partial charge on any atom is -0.342 e. The first-order valence-electron chi connectivity index (χ1n) is 9.57. The third kappa shape index (κ3) is 2.85. The molecule has 0 spiro atoms. The van der Waals surface area contributed by atoms with Crippen LogP contribution in [-0.4, -0.2) is 55.8 Å². The second kappa shape index (κ2) is 7.10. The second-order valence-corrected chi connectivity index (χ2v) is 7.25. The van der Waals surface area contributed by atoms with E-state index < -0.39 is 6.29 Å². The molecule has 1 aromatic carbocycles. The van der Waals surface area contributed by atoms with Crippen LogP contribution >= 0.6 is 0 Å². The predicted octanol–water partition coefficient (Wildman–Crippen LogP) is 2.21. The number of aromatic nitrogens is 3. The topological polar surface area (TPSA) is 78.6 Å². The van der Waals surface area contributed by atoms with Crippen LogP contribution in [0.5, 0.6) is 0 Å². The van der Waals surface area contributed by atoms with Gasteiger partial charge < -0.3 is 15.1 Å². The van der Waals surface area contributed by atoms with Crippen molar-refractivity contribution in [3.05, 3.63) is 48.2 Å². The summed E-state index contributed by atoms with van der Waals surface area (Å²) < 4.78 is 1.77. The fourth-order valence-electron chi connectivity index (χ4n) is 3.84. The van der Waals surface area contributed by atoms with Gasteiger partial charge in [-0.25, -0.2) is 14.7 Å². The van der Waals surface area contributed by atoms with Crippen LogP contribution in [0.25, 0.3) is 11.4 Å². The van der Waals surface area contributed by atoms with Crippen LogP contribution in [0.15, 0.2) is 53.2 Å². The van der Waals surface area contributed by atoms with Crippen molar-refractivity contribution in [2.75, 3.05) is 7.05 Å². The van der Waals surface area contributed by atoms with Gasteiger partial charge >= 0.3 is 0 Å². The molecule has 0 fully saturated rings. The Kier molecular flexibility index (Phi) is 4.62. The van der Waals surface area contributed by atoms with E-state index in [9.17, 15) is 4.79 Å². The molecule has 0 radical (unpaired) electrons. The third-order valence-electron chi connectivity index (χ3n) is 5.20. The molecular weight excluding hydrogens is 354 g/mol. The third-order valence-corrected chi connectivity index (χ3v) is 5.20. The first-order chi connectivity index (χ1) is 13.5. The van der Waals surface area contributed by atoms with Gasteiger partial charge in [0.2, 0.25) is 12.2 Å². The zero-order valence-corrected chi connectivity index (χ0v) is 16.6. The van der Waals surface area contributed by atoms with Crippen molar-refractivity contribution in [1.82, 2.24) is 29.9 Å². The average molecular weight is 379 g/mol. The molecule has 1 amide bonds. The van der Waals surface area contributed by atoms with E-state index in [1.54, 1.807) is 22.8 Å². The molecule has 8 heteroatoms. The Labute approximate surface area is 164 Å². The molecule has 146 valence electrons. The van der Waals surface area contributed by atoms with Gasteiger partial charge in [0.25, 0.3) is 0 Å². The zero-order valence-electron chi connectivity index (χ0n) is 16.6. The van der Waals surface area contributed by atoms with Crippen molar-refractivity contribution >= 4 is 12.1 Å². The van der Waals surface area contributed by atoms with E-state index in [0.29, 0.717) is 0 Å². The molecular formula is C20H25N7O. The predicted molar refractivity (Wildman–Crippen MR) is 107 cm³/mol. The van der Waals surface area contributed by atoms with E-state index in [4.69, 9.17) is 0 Å². The summed E-state index contributed by atoms with van der Waals surface area (Å²) in [5.74, 6) is 1.73. The molecule has 2 atom stereocenters. The average Bonchev–Trinajstić information content (AvgIpc) is 3.20. The molecule has 2 aromatic rings. The quantitative estimate of drug-likeness (QED) is 0.881. The number of aliphatic imine (C=N–C) groups is 1. The number of nitrogens with zero attached hydrogens (tertiary/aromatic N) is 6. The number of nitrogens with one attached hydrogen (secondary N) is 1. The molecule has 1 N–H and O–H groups in total. The van der Waals surface area contributed by atoms with Crippen molar-refractivity contribution in [3.63, 3.8) is 0 Å². The van der Waals surface area contributed by atoms with Gasteiger partial charge in [0.15, 0.2) is 5.82 Å². The standard InChI is InChI=1S/C20H25N7O/c1-5-15-19(28)25(4)16-11-21-20(24-18(16)26(15)13(2)3)27-17(22-12-23-27)14-9-7-6-8-10-14/h6-13,15,20,24H,5H2,1-4H3/t15?,20-/m0/s1. The summed E-state index contributed by atoms with van der Waals surface area (Å²) in [5, 5.41) is 7.89. The number of benzene rings is 1. The second-order valence-electron chi connectivity index (χ2n) is 7.25. The summed E-state index contributed by atoms with van der Waals surface area (Å²) in [7, 11) is 1.80. The molecule has 2 aliphatic rings. The maximum Gasteiger partial charge on any atom is 0.249 e. The number of amides is 1. The lowest BCUT2D eigenvalue weighted by molar-refractivity contribution is -0.136. The van der Waals surface area contributed by atoms with Gasteiger partial charge in [-0.05, 0) is 20.3 Å². The lowest BCUT2D eigenvalue weighted by Crippen LogP contribution is -2.58. The molecule has 4 rings (SSSR count). The maximum absolute atomic E-state index is 12.8. The van der Waals surface area contributed by atoms with E-state index in [1.165, 1.54) is 6.33 Å². The summed E-state index contributed by atoms with van der Waals surface area (Å²) in [6, 6.07) is 9.88. The minimum absolute atomic E-state index is 0.0902. The SMILES string of the molecule is CCC1C(=O)N(C)C2=C(N[C@@H](n3ncnc3-c3ccccc3)N=C2)N1C(C)C. The molecule has 0 bridgehead atoms. The number of allylic oxidation sites excluding steroid dienone is 1. The molecule has 0 aliphatic carbocycles. The van der Waals surface area contributed by atoms with Gasteiger partial charge in [0.05, 0.1) is 6.21 Å². The highest BCUT2D eigenvalue weighted by molar-refractivity contribution is 5.93. The fourth-order valence-corrected chi connectivity index (χ4v) is 3.84. The first-order valence-corrected chi connectivity index (χ1v) is 9.57. The van der Waals surface area contributed by atoms with Crippen molar-refractivity contribution in [2.45, 2.75) is 45.6 Å². The lowest BCUT2D eigenvalue weighted by Gasteiger charge is -2.46. The monoisotopic (exact) mass is 379 g/mol. The fraction of sp³-hybridized carbons (Fsp3) is 0.400. The van der Waals surface area contributed by atoms with Crippen molar-refractivity contribution in [1.29, 1.82) is 0 Å². The number of likely N-dealkylation sites (N-methyl/N-ethyl adjacent to an activating group) is 1. The van der Waals surface area contributed by atoms with Crippen LogP contribution in [0.1, 0.15) is 33.5 Å². The maximum atomic E-state index is 12.8. The highest BCUT2D eigenvalue weighted by atomic mass is 16.2. The Morgan fingerprint density at radius 2 is 1.96 bits per heavy atom. The van der Waals surface area contributed by atoms with Crippen LogP contribution < -0.4 is 5.32 Å². The van der Waals surface area contributed by atoms with Crippen LogP contribution in [0, 0.1) is 0 Å². The lowest BCUT2D eigenvalue weighted by atomic mass is 10.0. The highest BCUT2D eigenvalue weighted by Gasteiger charge is 2.40. The summed E-state index contributed by atoms with van der Waals surface area (Å²) in [6.45, 7) is 6.23. The van der Waals surface area contributed by atoms with E-state index in [2.05, 4.69) is 39.1 Å². The Morgan fingerprint density at radius 3 is 2.64 bits per heavy atom. The molecule has 0 saturated carbocycles. The van der Waals surface area contributed by atoms with Gasteiger partial charge in [-0.3, -0.25) is 4.79 Å². The summed E-state index contributed by atoms with van der Waals surface area (Å²) in [4.78, 5) is 25.7. The molecule has 28 heavy (non-hydrogen) atoms. The molecule has 1 unspecified atom stereocenters. The van der Waals surface area contributed by atoms with E-state index in [-0.39, 0.29) is 18.0 Å². The van der Waals surface area contributed by atoms with Crippen LogP contribution in [0.3, 0.4) is 0 Å². The van der Waals surface area contributed by atoms with Crippen molar-refractivity contribution < 1.29 is 4.79 Å². The van der Waals surface area contributed by atoms with E-state index in [0.717, 1.165) is 29.3 Å². The first kappa shape index (κ1) is 18.2. The Balaban J connectivity index is 1.72. The number of carbonyl (C=O) groups excluding carboxylic acids is 1. The van der Waals surface area contributed by atoms with Crippen LogP contribution in [-0.2, 0) is 4.79 Å². The van der Waals surface area contributed by atoms with Crippen molar-refractivity contribution in [2.24, 2.45) is 4.99 Å². The number of carbonyl (C=O) groups is 1. The summed E-state index contributed by atoms with van der Waals surface area (Å²) in [6.07, 6.45) is 3.60. The Bertz CT molecular complexity index is 931. The van der Waals surface area contributed by atoms with Gasteiger partial charge in [-0.2, -0.15) is 5.10 Å². The number of hydrogen-bond acceptors (Lipinski definition) is 6. The smallest absolute Gasteiger partial charge is 0.249 e. The van der Waals surface area contributed by atoms with Crippen LogP contribution in [0.4, 0.5) is 0 Å². The van der Waals surface area contributed by atoms with Gasteiger partial charge in [0.1, 0.15) is 23.9 Å². The number of rotatable bonds is 4. The summed E-state index contributed by atoms with van der Waals surface area (Å²) >= 11 is 0. The van der Waals surface area contributed by atoms with Gasteiger partial charge in [-0.15, -0.1) is 0 Å². The van der Waals surface area contributed by atoms with E-state index in [1.807, 2.05) is 37.3 Å². The highest BCUT2D eigenvalue weighted by Crippen LogP contribution is 2.30. The molecule has 2 aliphatic heterocycles. The minimum atomic E-state index is -0.434. The van der Waals surface area contributed by atoms with Gasteiger partial charge in [-0.1, -0.05) is 37.3 Å². The van der Waals surface area contributed by atoms with E-state index >= 15 is 0 Å². The molecule has 1 aromatic heterocycles. The van der Waals surface area contributed by atoms with Gasteiger partial charge in [0, 0.05) is 18.7 Å². The van der Waals surface area contributed by atoms with Crippen LogP contribution in [0.2, 0.25) is 0 Å². The normalized spacial score (nSPS) is 22.0.